The Morgan fingerprint density at radius 1 is 1.22 bits per heavy atom. The van der Waals surface area contributed by atoms with Gasteiger partial charge in [-0.25, -0.2) is 12.7 Å². The minimum absolute atomic E-state index is 0.0244. The fourth-order valence-electron chi connectivity index (χ4n) is 1.73. The average Bonchev–Trinajstić information content (AvgIpc) is 2.37. The van der Waals surface area contributed by atoms with Crippen molar-refractivity contribution in [2.75, 3.05) is 19.3 Å². The van der Waals surface area contributed by atoms with Gasteiger partial charge in [0.25, 0.3) is 0 Å². The summed E-state index contributed by atoms with van der Waals surface area (Å²) in [5.41, 5.74) is 6.54. The number of nitrogens with two attached hydrogens (primary N) is 1. The summed E-state index contributed by atoms with van der Waals surface area (Å²) in [6.45, 7) is 4.06. The standard InChI is InChI=1S/C13H22N2O2S/c1-11(13-7-5-4-6-8-13)10-18(16,17)15(3)12(2)9-14/h4-8,11-12H,9-10,14H2,1-3H3. The molecule has 2 unspecified atom stereocenters. The molecule has 1 aromatic rings. The lowest BCUT2D eigenvalue weighted by Crippen LogP contribution is -2.41. The molecule has 4 nitrogen and oxygen atoms in total. The first-order valence-corrected chi connectivity index (χ1v) is 7.70. The number of hydrogen-bond acceptors (Lipinski definition) is 3. The second kappa shape index (κ2) is 6.31. The third-order valence-corrected chi connectivity index (χ3v) is 5.39. The van der Waals surface area contributed by atoms with Crippen molar-refractivity contribution in [3.8, 4) is 0 Å². The SMILES string of the molecule is CC(CS(=O)(=O)N(C)C(C)CN)c1ccccc1. The van der Waals surface area contributed by atoms with Crippen molar-refractivity contribution >= 4 is 10.0 Å². The molecule has 2 atom stereocenters. The van der Waals surface area contributed by atoms with E-state index in [9.17, 15) is 8.42 Å². The van der Waals surface area contributed by atoms with Crippen LogP contribution >= 0.6 is 0 Å². The maximum atomic E-state index is 12.2. The van der Waals surface area contributed by atoms with Crippen molar-refractivity contribution < 1.29 is 8.42 Å². The minimum atomic E-state index is -3.27. The molecule has 0 spiro atoms. The summed E-state index contributed by atoms with van der Waals surface area (Å²) in [5, 5.41) is 0. The van der Waals surface area contributed by atoms with Crippen LogP contribution in [0.15, 0.2) is 30.3 Å². The molecule has 0 saturated heterocycles. The molecule has 0 aliphatic carbocycles. The highest BCUT2D eigenvalue weighted by Gasteiger charge is 2.25. The van der Waals surface area contributed by atoms with Crippen LogP contribution in [0.5, 0.6) is 0 Å². The Labute approximate surface area is 110 Å². The van der Waals surface area contributed by atoms with Gasteiger partial charge in [0.15, 0.2) is 0 Å². The largest absolute Gasteiger partial charge is 0.329 e. The van der Waals surface area contributed by atoms with Crippen LogP contribution in [0.25, 0.3) is 0 Å². The van der Waals surface area contributed by atoms with E-state index in [0.29, 0.717) is 6.54 Å². The van der Waals surface area contributed by atoms with Gasteiger partial charge in [-0.15, -0.1) is 0 Å². The third kappa shape index (κ3) is 3.80. The number of hydrogen-bond donors (Lipinski definition) is 1. The topological polar surface area (TPSA) is 63.4 Å². The Morgan fingerprint density at radius 3 is 2.28 bits per heavy atom. The average molecular weight is 270 g/mol. The molecule has 5 heteroatoms. The van der Waals surface area contributed by atoms with E-state index in [2.05, 4.69) is 0 Å². The molecule has 0 heterocycles. The van der Waals surface area contributed by atoms with Gasteiger partial charge in [-0.2, -0.15) is 0 Å². The van der Waals surface area contributed by atoms with Crippen LogP contribution < -0.4 is 5.73 Å². The number of rotatable bonds is 6. The molecule has 0 aliphatic heterocycles. The second-order valence-corrected chi connectivity index (χ2v) is 6.76. The number of benzene rings is 1. The van der Waals surface area contributed by atoms with Gasteiger partial charge in [0.2, 0.25) is 10.0 Å². The predicted molar refractivity (Wildman–Crippen MR) is 74.9 cm³/mol. The highest BCUT2D eigenvalue weighted by Crippen LogP contribution is 2.18. The van der Waals surface area contributed by atoms with Gasteiger partial charge in [0.1, 0.15) is 0 Å². The Hall–Kier alpha value is -0.910. The molecular formula is C13H22N2O2S. The van der Waals surface area contributed by atoms with E-state index in [0.717, 1.165) is 5.56 Å². The molecule has 0 fully saturated rings. The monoisotopic (exact) mass is 270 g/mol. The highest BCUT2D eigenvalue weighted by molar-refractivity contribution is 7.89. The first-order valence-electron chi connectivity index (χ1n) is 6.09. The smallest absolute Gasteiger partial charge is 0.214 e. The van der Waals surface area contributed by atoms with Crippen LogP contribution in [0.4, 0.5) is 0 Å². The van der Waals surface area contributed by atoms with E-state index in [1.54, 1.807) is 7.05 Å². The molecule has 0 amide bonds. The Morgan fingerprint density at radius 2 is 1.78 bits per heavy atom. The van der Waals surface area contributed by atoms with Crippen molar-refractivity contribution in [3.63, 3.8) is 0 Å². The first kappa shape index (κ1) is 15.1. The fourth-order valence-corrected chi connectivity index (χ4v) is 3.43. The van der Waals surface area contributed by atoms with Crippen LogP contribution in [-0.4, -0.2) is 38.1 Å². The summed E-state index contributed by atoms with van der Waals surface area (Å²) in [6.07, 6.45) is 0. The summed E-state index contributed by atoms with van der Waals surface area (Å²) in [4.78, 5) is 0. The van der Waals surface area contributed by atoms with Crippen molar-refractivity contribution in [2.24, 2.45) is 5.73 Å². The second-order valence-electron chi connectivity index (χ2n) is 4.69. The Kier molecular flexibility index (Phi) is 5.31. The summed E-state index contributed by atoms with van der Waals surface area (Å²) < 4.78 is 25.7. The van der Waals surface area contributed by atoms with Crippen LogP contribution in [-0.2, 0) is 10.0 Å². The molecule has 0 saturated carbocycles. The lowest BCUT2D eigenvalue weighted by Gasteiger charge is -2.24. The normalized spacial score (nSPS) is 15.6. The van der Waals surface area contributed by atoms with Crippen molar-refractivity contribution in [2.45, 2.75) is 25.8 Å². The van der Waals surface area contributed by atoms with Gasteiger partial charge in [0.05, 0.1) is 5.75 Å². The van der Waals surface area contributed by atoms with Crippen molar-refractivity contribution in [1.29, 1.82) is 0 Å². The molecule has 0 aromatic heterocycles. The number of sulfonamides is 1. The Balaban J connectivity index is 2.78. The molecule has 0 bridgehead atoms. The molecule has 102 valence electrons. The highest BCUT2D eigenvalue weighted by atomic mass is 32.2. The van der Waals surface area contributed by atoms with E-state index >= 15 is 0 Å². The molecular weight excluding hydrogens is 248 g/mol. The zero-order valence-electron chi connectivity index (χ0n) is 11.2. The van der Waals surface area contributed by atoms with Gasteiger partial charge in [0, 0.05) is 19.6 Å². The molecule has 0 radical (unpaired) electrons. The molecule has 1 aromatic carbocycles. The quantitative estimate of drug-likeness (QED) is 0.850. The lowest BCUT2D eigenvalue weighted by molar-refractivity contribution is 0.393. The van der Waals surface area contributed by atoms with Crippen LogP contribution in [0.1, 0.15) is 25.3 Å². The molecule has 2 N–H and O–H groups in total. The van der Waals surface area contributed by atoms with Crippen LogP contribution in [0.2, 0.25) is 0 Å². The lowest BCUT2D eigenvalue weighted by atomic mass is 10.0. The zero-order chi connectivity index (χ0) is 13.8. The van der Waals surface area contributed by atoms with Crippen molar-refractivity contribution in [1.82, 2.24) is 4.31 Å². The summed E-state index contributed by atoms with van der Waals surface area (Å²) >= 11 is 0. The predicted octanol–water partition coefficient (Wildman–Crippen LogP) is 1.40. The zero-order valence-corrected chi connectivity index (χ0v) is 12.0. The van der Waals surface area contributed by atoms with Gasteiger partial charge in [-0.1, -0.05) is 37.3 Å². The molecule has 0 aliphatic rings. The summed E-state index contributed by atoms with van der Waals surface area (Å²) in [6, 6.07) is 9.50. The van der Waals surface area contributed by atoms with Gasteiger partial charge >= 0.3 is 0 Å². The van der Waals surface area contributed by atoms with Gasteiger partial charge in [-0.3, -0.25) is 0 Å². The first-order chi connectivity index (χ1) is 8.38. The maximum Gasteiger partial charge on any atom is 0.214 e. The fraction of sp³-hybridized carbons (Fsp3) is 0.538. The molecule has 1 rings (SSSR count). The van der Waals surface area contributed by atoms with E-state index in [4.69, 9.17) is 5.73 Å². The van der Waals surface area contributed by atoms with E-state index in [1.165, 1.54) is 4.31 Å². The minimum Gasteiger partial charge on any atom is -0.329 e. The molecule has 18 heavy (non-hydrogen) atoms. The maximum absolute atomic E-state index is 12.2. The summed E-state index contributed by atoms with van der Waals surface area (Å²) in [5.74, 6) is 0.0846. The van der Waals surface area contributed by atoms with Gasteiger partial charge in [-0.05, 0) is 18.4 Å². The van der Waals surface area contributed by atoms with E-state index < -0.39 is 10.0 Å². The van der Waals surface area contributed by atoms with E-state index in [-0.39, 0.29) is 17.7 Å². The van der Waals surface area contributed by atoms with Gasteiger partial charge < -0.3 is 5.73 Å². The van der Waals surface area contributed by atoms with E-state index in [1.807, 2.05) is 44.2 Å². The number of likely N-dealkylation sites (N-methyl/N-ethyl adjacent to an activating group) is 1. The van der Waals surface area contributed by atoms with Crippen LogP contribution in [0, 0.1) is 0 Å². The summed E-state index contributed by atoms with van der Waals surface area (Å²) in [7, 11) is -1.68. The van der Waals surface area contributed by atoms with Crippen molar-refractivity contribution in [3.05, 3.63) is 35.9 Å². The number of nitrogens with zero attached hydrogens (tertiary/aromatic N) is 1. The Bertz CT molecular complexity index is 459. The third-order valence-electron chi connectivity index (χ3n) is 3.23. The van der Waals surface area contributed by atoms with Crippen LogP contribution in [0.3, 0.4) is 0 Å².